The molecule has 0 aromatic heterocycles. The number of carboxylic acid groups (broad SMARTS) is 1. The maximum absolute atomic E-state index is 11.7. The van der Waals surface area contributed by atoms with Crippen molar-refractivity contribution in [2.75, 3.05) is 12.4 Å². The lowest BCUT2D eigenvalue weighted by atomic mass is 10.1. The number of fused-ring (bicyclic) bond motifs is 1. The first kappa shape index (κ1) is 14.8. The van der Waals surface area contributed by atoms with E-state index in [-0.39, 0.29) is 35.9 Å². The van der Waals surface area contributed by atoms with E-state index in [1.54, 1.807) is 6.07 Å². The molecule has 6 nitrogen and oxygen atoms in total. The highest BCUT2D eigenvalue weighted by atomic mass is 32.3. The summed E-state index contributed by atoms with van der Waals surface area (Å²) in [5.41, 5.74) is 0.328. The Balaban J connectivity index is 2.10. The molecule has 0 aliphatic carbocycles. The van der Waals surface area contributed by atoms with Gasteiger partial charge in [-0.25, -0.2) is 0 Å². The van der Waals surface area contributed by atoms with E-state index in [0.29, 0.717) is 17.7 Å². The Morgan fingerprint density at radius 3 is 2.80 bits per heavy atom. The molecule has 1 aliphatic heterocycles. The second-order valence-electron chi connectivity index (χ2n) is 4.55. The van der Waals surface area contributed by atoms with Gasteiger partial charge in [0.15, 0.2) is 5.78 Å². The summed E-state index contributed by atoms with van der Waals surface area (Å²) in [5.74, 6) is -0.548. The van der Waals surface area contributed by atoms with Crippen molar-refractivity contribution in [2.45, 2.75) is 24.2 Å². The zero-order chi connectivity index (χ0) is 14.8. The molecule has 2 rings (SSSR count). The highest BCUT2D eigenvalue weighted by Gasteiger charge is 2.29. The van der Waals surface area contributed by atoms with Gasteiger partial charge in [0.1, 0.15) is 5.75 Å². The molecule has 0 bridgehead atoms. The fraction of sp³-hybridized carbons (Fsp3) is 0.385. The van der Waals surface area contributed by atoms with Crippen LogP contribution in [0.4, 0.5) is 0 Å². The number of hydrogen-bond donors (Lipinski definition) is 3. The van der Waals surface area contributed by atoms with Crippen LogP contribution in [0, 0.1) is 0 Å². The monoisotopic (exact) mass is 300 g/mol. The smallest absolute Gasteiger partial charge is 0.303 e. The molecule has 1 aromatic rings. The Bertz CT molecular complexity index is 540. The third-order valence-electron chi connectivity index (χ3n) is 3.02. The van der Waals surface area contributed by atoms with Gasteiger partial charge in [0, 0.05) is 30.2 Å². The molecule has 0 saturated heterocycles. The summed E-state index contributed by atoms with van der Waals surface area (Å²) in [6.45, 7) is 0.220. The number of benzene rings is 1. The van der Waals surface area contributed by atoms with Crippen molar-refractivity contribution in [1.82, 2.24) is 0 Å². The van der Waals surface area contributed by atoms with Crippen LogP contribution >= 0.6 is 10.6 Å². The van der Waals surface area contributed by atoms with Crippen molar-refractivity contribution in [2.24, 2.45) is 0 Å². The quantitative estimate of drug-likeness (QED) is 0.722. The number of aliphatic carboxylic acids is 1. The summed E-state index contributed by atoms with van der Waals surface area (Å²) < 4.78 is 25.3. The van der Waals surface area contributed by atoms with Gasteiger partial charge in [0.05, 0.1) is 11.5 Å². The molecule has 0 unspecified atom stereocenters. The SMILES string of the molecule is O=C(O)CCCOc1ccc2c(c1)S(O)(O)CCC2=O. The van der Waals surface area contributed by atoms with Gasteiger partial charge in [-0.1, -0.05) is 0 Å². The van der Waals surface area contributed by atoms with Crippen LogP contribution in [-0.4, -0.2) is 38.3 Å². The van der Waals surface area contributed by atoms with Gasteiger partial charge in [0.25, 0.3) is 0 Å². The molecule has 0 fully saturated rings. The summed E-state index contributed by atoms with van der Waals surface area (Å²) >= 11 is 0. The Kier molecular flexibility index (Phi) is 4.32. The third-order valence-corrected chi connectivity index (χ3v) is 4.84. The van der Waals surface area contributed by atoms with Crippen molar-refractivity contribution < 1.29 is 28.5 Å². The number of carbonyl (C=O) groups is 2. The van der Waals surface area contributed by atoms with Crippen LogP contribution in [0.15, 0.2) is 23.1 Å². The number of carbonyl (C=O) groups excluding carboxylic acids is 1. The number of rotatable bonds is 5. The number of Topliss-reactive ketones (excluding diaryl/α,β-unsaturated/α-hetero) is 1. The third kappa shape index (κ3) is 3.30. The van der Waals surface area contributed by atoms with Gasteiger partial charge in [-0.15, -0.1) is 0 Å². The highest BCUT2D eigenvalue weighted by molar-refractivity contribution is 8.24. The predicted octanol–water partition coefficient (Wildman–Crippen LogP) is 2.63. The Morgan fingerprint density at radius 1 is 1.35 bits per heavy atom. The van der Waals surface area contributed by atoms with Crippen LogP contribution < -0.4 is 4.74 Å². The van der Waals surface area contributed by atoms with Crippen molar-refractivity contribution in [3.8, 4) is 5.75 Å². The van der Waals surface area contributed by atoms with E-state index in [0.717, 1.165) is 0 Å². The van der Waals surface area contributed by atoms with E-state index in [4.69, 9.17) is 9.84 Å². The van der Waals surface area contributed by atoms with Crippen LogP contribution in [0.2, 0.25) is 0 Å². The minimum absolute atomic E-state index is 0.0125. The maximum Gasteiger partial charge on any atom is 0.303 e. The van der Waals surface area contributed by atoms with Crippen molar-refractivity contribution in [1.29, 1.82) is 0 Å². The van der Waals surface area contributed by atoms with Crippen LogP contribution in [0.5, 0.6) is 5.75 Å². The van der Waals surface area contributed by atoms with Crippen molar-refractivity contribution in [3.05, 3.63) is 23.8 Å². The lowest BCUT2D eigenvalue weighted by Gasteiger charge is -2.37. The van der Waals surface area contributed by atoms with Gasteiger partial charge in [0.2, 0.25) is 0 Å². The molecular formula is C13H16O6S. The van der Waals surface area contributed by atoms with Crippen LogP contribution in [0.1, 0.15) is 29.6 Å². The number of carboxylic acids is 1. The first-order chi connectivity index (χ1) is 9.40. The molecule has 3 N–H and O–H groups in total. The largest absolute Gasteiger partial charge is 0.494 e. The normalized spacial score (nSPS) is 18.2. The first-order valence-corrected chi connectivity index (χ1v) is 7.89. The van der Waals surface area contributed by atoms with Gasteiger partial charge in [-0.05, 0) is 18.6 Å². The van der Waals surface area contributed by atoms with Gasteiger partial charge < -0.3 is 9.84 Å². The standard InChI is InChI=1S/C13H16O6S/c14-11-5-7-20(17,18)12-8-9(3-4-10(11)12)19-6-1-2-13(15)16/h3-4,8,17-18H,1-2,5-7H2,(H,15,16). The molecule has 7 heteroatoms. The predicted molar refractivity (Wildman–Crippen MR) is 73.7 cm³/mol. The number of ketones is 1. The number of ether oxygens (including phenoxy) is 1. The van der Waals surface area contributed by atoms with Gasteiger partial charge >= 0.3 is 5.97 Å². The second-order valence-corrected chi connectivity index (χ2v) is 6.73. The second kappa shape index (κ2) is 5.82. The number of hydrogen-bond acceptors (Lipinski definition) is 5. The van der Waals surface area contributed by atoms with Crippen molar-refractivity contribution >= 4 is 22.3 Å². The molecule has 0 saturated carbocycles. The van der Waals surface area contributed by atoms with E-state index in [9.17, 15) is 18.7 Å². The van der Waals surface area contributed by atoms with Gasteiger partial charge in [-0.2, -0.15) is 10.6 Å². The summed E-state index contributed by atoms with van der Waals surface area (Å²) in [7, 11) is -2.94. The van der Waals surface area contributed by atoms with E-state index < -0.39 is 16.6 Å². The van der Waals surface area contributed by atoms with E-state index >= 15 is 0 Å². The van der Waals surface area contributed by atoms with E-state index in [1.807, 2.05) is 0 Å². The maximum atomic E-state index is 11.7. The molecule has 1 aliphatic rings. The summed E-state index contributed by atoms with van der Waals surface area (Å²) in [4.78, 5) is 22.3. The fourth-order valence-electron chi connectivity index (χ4n) is 1.99. The van der Waals surface area contributed by atoms with Crippen LogP contribution in [-0.2, 0) is 4.79 Å². The first-order valence-electron chi connectivity index (χ1n) is 6.18. The van der Waals surface area contributed by atoms with Crippen LogP contribution in [0.3, 0.4) is 0 Å². The summed E-state index contributed by atoms with van der Waals surface area (Å²) in [5, 5.41) is 8.51. The zero-order valence-electron chi connectivity index (χ0n) is 10.7. The molecule has 0 atom stereocenters. The van der Waals surface area contributed by atoms with Crippen molar-refractivity contribution in [3.63, 3.8) is 0 Å². The summed E-state index contributed by atoms with van der Waals surface area (Å²) in [6, 6.07) is 4.57. The lowest BCUT2D eigenvalue weighted by molar-refractivity contribution is -0.137. The van der Waals surface area contributed by atoms with E-state index in [1.165, 1.54) is 12.1 Å². The topological polar surface area (TPSA) is 104 Å². The molecule has 1 heterocycles. The molecule has 110 valence electrons. The average molecular weight is 300 g/mol. The molecule has 1 aromatic carbocycles. The Hall–Kier alpha value is -1.57. The molecular weight excluding hydrogens is 284 g/mol. The fourth-order valence-corrected chi connectivity index (χ4v) is 3.52. The minimum Gasteiger partial charge on any atom is -0.494 e. The molecule has 0 spiro atoms. The van der Waals surface area contributed by atoms with E-state index in [2.05, 4.69) is 0 Å². The highest BCUT2D eigenvalue weighted by Crippen LogP contribution is 2.54. The zero-order valence-corrected chi connectivity index (χ0v) is 11.6. The Labute approximate surface area is 117 Å². The average Bonchev–Trinajstić information content (AvgIpc) is 2.39. The summed E-state index contributed by atoms with van der Waals surface area (Å²) in [6.07, 6.45) is 0.508. The molecule has 0 radical (unpaired) electrons. The lowest BCUT2D eigenvalue weighted by Crippen LogP contribution is -2.18. The Morgan fingerprint density at radius 2 is 2.10 bits per heavy atom. The minimum atomic E-state index is -2.94. The van der Waals surface area contributed by atoms with Gasteiger partial charge in [-0.3, -0.25) is 18.7 Å². The molecule has 0 amide bonds. The van der Waals surface area contributed by atoms with Crippen LogP contribution in [0.25, 0.3) is 0 Å². The molecule has 20 heavy (non-hydrogen) atoms.